The van der Waals surface area contributed by atoms with E-state index >= 15 is 0 Å². The molecule has 0 fully saturated rings. The Morgan fingerprint density at radius 1 is 0.941 bits per heavy atom. The van der Waals surface area contributed by atoms with Crippen LogP contribution in [-0.4, -0.2) is 32.0 Å². The van der Waals surface area contributed by atoms with Crippen molar-refractivity contribution in [1.29, 1.82) is 0 Å². The topological polar surface area (TPSA) is 112 Å². The van der Waals surface area contributed by atoms with Crippen LogP contribution >= 0.6 is 0 Å². The number of unbranched alkanes of at least 4 members (excludes halogenated alkanes) is 3. The molecule has 0 aliphatic carbocycles. The van der Waals surface area contributed by atoms with Gasteiger partial charge in [-0.3, -0.25) is 9.59 Å². The van der Waals surface area contributed by atoms with E-state index in [2.05, 4.69) is 12.2 Å². The van der Waals surface area contributed by atoms with Crippen LogP contribution in [0, 0.1) is 0 Å². The third-order valence-electron chi connectivity index (χ3n) is 5.27. The lowest BCUT2D eigenvalue weighted by molar-refractivity contribution is -0.137. The van der Waals surface area contributed by atoms with Crippen molar-refractivity contribution in [1.82, 2.24) is 4.73 Å². The number of hydrogen-bond acceptors (Lipinski definition) is 4. The van der Waals surface area contributed by atoms with E-state index in [1.165, 1.54) is 6.42 Å². The molecule has 0 aliphatic heterocycles. The number of aromatic hydroxyl groups is 1. The molecule has 34 heavy (non-hydrogen) atoms. The molecular formula is C27H34N2O5. The highest BCUT2D eigenvalue weighted by atomic mass is 16.5. The van der Waals surface area contributed by atoms with Gasteiger partial charge in [0.05, 0.1) is 16.8 Å². The summed E-state index contributed by atoms with van der Waals surface area (Å²) in [6.07, 6.45) is 4.55. The van der Waals surface area contributed by atoms with Crippen molar-refractivity contribution < 1.29 is 25.0 Å². The van der Waals surface area contributed by atoms with Crippen LogP contribution < -0.4 is 5.32 Å². The molecule has 1 aromatic heterocycles. The molecule has 3 aromatic rings. The summed E-state index contributed by atoms with van der Waals surface area (Å²) in [5.41, 5.74) is 2.26. The molecule has 2 aromatic carbocycles. The van der Waals surface area contributed by atoms with Crippen LogP contribution in [-0.2, 0) is 4.79 Å². The quantitative estimate of drug-likeness (QED) is 0.212. The minimum absolute atomic E-state index is 0.162. The van der Waals surface area contributed by atoms with Crippen molar-refractivity contribution in [2.45, 2.75) is 58.8 Å². The number of carboxylic acid groups (broad SMARTS) is 1. The Kier molecular flexibility index (Phi) is 10.2. The van der Waals surface area contributed by atoms with Gasteiger partial charge >= 0.3 is 5.97 Å². The number of carboxylic acids is 1. The van der Waals surface area contributed by atoms with E-state index in [4.69, 9.17) is 5.11 Å². The maximum atomic E-state index is 13.0. The Hall–Kier alpha value is -3.74. The Labute approximate surface area is 200 Å². The predicted molar refractivity (Wildman–Crippen MR) is 134 cm³/mol. The maximum absolute atomic E-state index is 13.0. The van der Waals surface area contributed by atoms with Crippen LogP contribution in [0.4, 0.5) is 5.69 Å². The van der Waals surface area contributed by atoms with Crippen LogP contribution in [0.25, 0.3) is 11.1 Å². The van der Waals surface area contributed by atoms with Gasteiger partial charge in [0.1, 0.15) is 0 Å². The molecule has 3 rings (SSSR count). The number of aromatic nitrogens is 1. The number of carbonyl (C=O) groups is 2. The molecule has 0 radical (unpaired) electrons. The number of rotatable bonds is 9. The van der Waals surface area contributed by atoms with Crippen molar-refractivity contribution in [3.63, 3.8) is 0 Å². The van der Waals surface area contributed by atoms with Gasteiger partial charge in [0, 0.05) is 12.1 Å². The molecule has 1 heterocycles. The summed E-state index contributed by atoms with van der Waals surface area (Å²) in [7, 11) is 0. The average Bonchev–Trinajstić information content (AvgIpc) is 3.09. The SMILES string of the molecule is CC(C)c1c(C(=O)Nc2ccccc2)c(-c2ccccc2)c(O)n1O.CCCCCCC(=O)O. The molecule has 0 spiro atoms. The summed E-state index contributed by atoms with van der Waals surface area (Å²) in [4.78, 5) is 22.9. The fraction of sp³-hybridized carbons (Fsp3) is 0.333. The fourth-order valence-electron chi connectivity index (χ4n) is 3.63. The summed E-state index contributed by atoms with van der Waals surface area (Å²) < 4.78 is 0.701. The monoisotopic (exact) mass is 466 g/mol. The lowest BCUT2D eigenvalue weighted by Gasteiger charge is -2.11. The van der Waals surface area contributed by atoms with Gasteiger partial charge in [-0.05, 0) is 30.0 Å². The minimum atomic E-state index is -0.675. The molecule has 4 N–H and O–H groups in total. The smallest absolute Gasteiger partial charge is 0.303 e. The fourth-order valence-corrected chi connectivity index (χ4v) is 3.63. The largest absolute Gasteiger partial charge is 0.492 e. The maximum Gasteiger partial charge on any atom is 0.303 e. The van der Waals surface area contributed by atoms with Crippen molar-refractivity contribution in [2.75, 3.05) is 5.32 Å². The lowest BCUT2D eigenvalue weighted by Crippen LogP contribution is -2.16. The number of nitrogens with one attached hydrogen (secondary N) is 1. The first-order valence-electron chi connectivity index (χ1n) is 11.6. The van der Waals surface area contributed by atoms with Gasteiger partial charge in [-0.1, -0.05) is 88.6 Å². The minimum Gasteiger partial charge on any atom is -0.492 e. The predicted octanol–water partition coefficient (Wildman–Crippen LogP) is 6.52. The summed E-state index contributed by atoms with van der Waals surface area (Å²) >= 11 is 0. The standard InChI is InChI=1S/C20H20N2O3.C7H14O2/c1-13(2)18-17(19(23)21-15-11-7-4-8-12-15)16(20(24)22(18)25)14-9-5-3-6-10-14;1-2-3-4-5-6-7(8)9/h3-13,24-25H,1-2H3,(H,21,23);2-6H2,1H3,(H,8,9). The van der Waals surface area contributed by atoms with Gasteiger partial charge in [-0.25, -0.2) is 0 Å². The second kappa shape index (κ2) is 13.1. The first kappa shape index (κ1) is 26.5. The molecule has 7 heteroatoms. The van der Waals surface area contributed by atoms with E-state index in [9.17, 15) is 19.9 Å². The number of para-hydroxylation sites is 1. The van der Waals surface area contributed by atoms with E-state index in [0.717, 1.165) is 19.3 Å². The van der Waals surface area contributed by atoms with Gasteiger partial charge in [-0.15, -0.1) is 0 Å². The number of hydrogen-bond donors (Lipinski definition) is 4. The number of amides is 1. The molecule has 0 atom stereocenters. The van der Waals surface area contributed by atoms with Crippen molar-refractivity contribution in [3.05, 3.63) is 71.9 Å². The van der Waals surface area contributed by atoms with E-state index in [1.807, 2.05) is 50.2 Å². The van der Waals surface area contributed by atoms with Gasteiger partial charge in [0.2, 0.25) is 5.88 Å². The summed E-state index contributed by atoms with van der Waals surface area (Å²) in [6.45, 7) is 5.83. The van der Waals surface area contributed by atoms with E-state index in [-0.39, 0.29) is 23.3 Å². The summed E-state index contributed by atoms with van der Waals surface area (Å²) in [5.74, 6) is -1.55. The van der Waals surface area contributed by atoms with E-state index < -0.39 is 5.97 Å². The van der Waals surface area contributed by atoms with Gasteiger partial charge < -0.3 is 20.7 Å². The second-order valence-electron chi connectivity index (χ2n) is 8.32. The lowest BCUT2D eigenvalue weighted by atomic mass is 9.97. The van der Waals surface area contributed by atoms with Gasteiger partial charge in [0.15, 0.2) is 0 Å². The van der Waals surface area contributed by atoms with Crippen molar-refractivity contribution >= 4 is 17.6 Å². The highest BCUT2D eigenvalue weighted by molar-refractivity contribution is 6.11. The molecule has 1 amide bonds. The van der Waals surface area contributed by atoms with Crippen LogP contribution in [0.2, 0.25) is 0 Å². The molecule has 7 nitrogen and oxygen atoms in total. The van der Waals surface area contributed by atoms with Crippen LogP contribution in [0.1, 0.15) is 74.8 Å². The Morgan fingerprint density at radius 3 is 2.06 bits per heavy atom. The van der Waals surface area contributed by atoms with Crippen LogP contribution in [0.5, 0.6) is 5.88 Å². The first-order valence-corrected chi connectivity index (χ1v) is 11.6. The molecule has 0 aliphatic rings. The van der Waals surface area contributed by atoms with Crippen LogP contribution in [0.3, 0.4) is 0 Å². The Bertz CT molecular complexity index is 1060. The molecule has 0 saturated heterocycles. The third kappa shape index (κ3) is 7.13. The number of aliphatic carboxylic acids is 1. The van der Waals surface area contributed by atoms with Crippen LogP contribution in [0.15, 0.2) is 60.7 Å². The normalized spacial score (nSPS) is 10.5. The Balaban J connectivity index is 0.000000387. The highest BCUT2D eigenvalue weighted by Gasteiger charge is 2.29. The second-order valence-corrected chi connectivity index (χ2v) is 8.32. The average molecular weight is 467 g/mol. The molecule has 0 saturated carbocycles. The number of carbonyl (C=O) groups excluding carboxylic acids is 1. The number of anilines is 1. The van der Waals surface area contributed by atoms with E-state index in [1.54, 1.807) is 24.3 Å². The summed E-state index contributed by atoms with van der Waals surface area (Å²) in [5, 5.41) is 31.8. The van der Waals surface area contributed by atoms with E-state index in [0.29, 0.717) is 33.7 Å². The zero-order valence-corrected chi connectivity index (χ0v) is 20.0. The number of benzene rings is 2. The van der Waals surface area contributed by atoms with Gasteiger partial charge in [0.25, 0.3) is 5.91 Å². The molecule has 0 bridgehead atoms. The Morgan fingerprint density at radius 2 is 1.53 bits per heavy atom. The number of nitrogens with zero attached hydrogens (tertiary/aromatic N) is 1. The first-order chi connectivity index (χ1) is 16.3. The zero-order chi connectivity index (χ0) is 25.1. The highest BCUT2D eigenvalue weighted by Crippen LogP contribution is 2.39. The van der Waals surface area contributed by atoms with Crippen molar-refractivity contribution in [2.24, 2.45) is 0 Å². The van der Waals surface area contributed by atoms with Gasteiger partial charge in [-0.2, -0.15) is 4.73 Å². The third-order valence-corrected chi connectivity index (χ3v) is 5.27. The molecule has 0 unspecified atom stereocenters. The molecule has 182 valence electrons. The summed E-state index contributed by atoms with van der Waals surface area (Å²) in [6, 6.07) is 18.1. The molecular weight excluding hydrogens is 432 g/mol. The van der Waals surface area contributed by atoms with Crippen molar-refractivity contribution in [3.8, 4) is 17.0 Å². The zero-order valence-electron chi connectivity index (χ0n) is 20.0.